The van der Waals surface area contributed by atoms with E-state index in [1.807, 2.05) is 19.9 Å². The second-order valence-electron chi connectivity index (χ2n) is 7.37. The monoisotopic (exact) mass is 379 g/mol. The number of carbonyl (C=O) groups is 1. The Kier molecular flexibility index (Phi) is 4.57. The van der Waals surface area contributed by atoms with Crippen molar-refractivity contribution in [1.82, 2.24) is 5.32 Å². The Bertz CT molecular complexity index is 891. The summed E-state index contributed by atoms with van der Waals surface area (Å²) >= 11 is 0. The first-order chi connectivity index (χ1) is 12.5. The predicted molar refractivity (Wildman–Crippen MR) is 94.8 cm³/mol. The molecule has 2 aromatic rings. The second kappa shape index (κ2) is 6.48. The van der Waals surface area contributed by atoms with Crippen molar-refractivity contribution in [2.75, 3.05) is 7.11 Å². The van der Waals surface area contributed by atoms with Crippen LogP contribution in [0.4, 0.5) is 18.0 Å². The Hall–Kier alpha value is -2.70. The number of nitrogens with one attached hydrogen (secondary N) is 1. The highest BCUT2D eigenvalue weighted by Crippen LogP contribution is 2.47. The third-order valence-electron chi connectivity index (χ3n) is 4.99. The van der Waals surface area contributed by atoms with Crippen LogP contribution in [0, 0.1) is 5.41 Å². The number of fused-ring (bicyclic) bond motifs is 1. The summed E-state index contributed by atoms with van der Waals surface area (Å²) in [7, 11) is 1.41. The van der Waals surface area contributed by atoms with Crippen LogP contribution in [-0.4, -0.2) is 18.3 Å². The Morgan fingerprint density at radius 1 is 1.22 bits per heavy atom. The normalized spacial score (nSPS) is 18.1. The molecular formula is C20H20F3NO3. The molecule has 0 spiro atoms. The van der Waals surface area contributed by atoms with Crippen molar-refractivity contribution in [1.29, 1.82) is 0 Å². The molecule has 0 radical (unpaired) electrons. The number of benzene rings is 2. The number of ether oxygens (including phenoxy) is 1. The third kappa shape index (κ3) is 3.59. The van der Waals surface area contributed by atoms with Crippen molar-refractivity contribution < 1.29 is 27.8 Å². The maximum absolute atomic E-state index is 13.1. The number of alkyl halides is 3. The summed E-state index contributed by atoms with van der Waals surface area (Å²) in [6, 6.07) is 8.30. The molecule has 0 saturated carbocycles. The number of carboxylic acid groups (broad SMARTS) is 1. The highest BCUT2D eigenvalue weighted by Gasteiger charge is 2.40. The van der Waals surface area contributed by atoms with Crippen LogP contribution in [-0.2, 0) is 12.6 Å². The fourth-order valence-electron chi connectivity index (χ4n) is 3.73. The summed E-state index contributed by atoms with van der Waals surface area (Å²) in [5.74, 6) is 0.348. The molecule has 2 aromatic carbocycles. The molecule has 0 aromatic heterocycles. The predicted octanol–water partition coefficient (Wildman–Crippen LogP) is 5.27. The molecule has 1 aliphatic carbocycles. The summed E-state index contributed by atoms with van der Waals surface area (Å²) < 4.78 is 44.6. The lowest BCUT2D eigenvalue weighted by Gasteiger charge is -2.27. The topological polar surface area (TPSA) is 58.6 Å². The lowest BCUT2D eigenvalue weighted by Crippen LogP contribution is -2.34. The SMILES string of the molecule is COc1ccc(C(F)(F)F)cc1-c1ccc2c(c1)CC(C)(C)C2NC(=O)O. The Balaban J connectivity index is 2.08. The third-order valence-corrected chi connectivity index (χ3v) is 4.99. The molecular weight excluding hydrogens is 359 g/mol. The summed E-state index contributed by atoms with van der Waals surface area (Å²) in [6.45, 7) is 3.91. The van der Waals surface area contributed by atoms with E-state index < -0.39 is 17.8 Å². The van der Waals surface area contributed by atoms with Crippen LogP contribution in [0.25, 0.3) is 11.1 Å². The van der Waals surface area contributed by atoms with Gasteiger partial charge in [0.1, 0.15) is 5.75 Å². The van der Waals surface area contributed by atoms with E-state index in [0.717, 1.165) is 23.3 Å². The molecule has 2 N–H and O–H groups in total. The van der Waals surface area contributed by atoms with Gasteiger partial charge in [0.15, 0.2) is 0 Å². The Morgan fingerprint density at radius 2 is 1.93 bits per heavy atom. The van der Waals surface area contributed by atoms with Crippen LogP contribution < -0.4 is 10.1 Å². The molecule has 0 aliphatic heterocycles. The van der Waals surface area contributed by atoms with Crippen molar-refractivity contribution >= 4 is 6.09 Å². The van der Waals surface area contributed by atoms with E-state index in [1.54, 1.807) is 12.1 Å². The fourth-order valence-corrected chi connectivity index (χ4v) is 3.73. The average Bonchev–Trinajstić information content (AvgIpc) is 2.82. The van der Waals surface area contributed by atoms with Gasteiger partial charge >= 0.3 is 12.3 Å². The quantitative estimate of drug-likeness (QED) is 0.764. The zero-order chi connectivity index (χ0) is 20.0. The lowest BCUT2D eigenvalue weighted by atomic mass is 9.85. The molecule has 144 valence electrons. The number of amides is 1. The lowest BCUT2D eigenvalue weighted by molar-refractivity contribution is -0.137. The molecule has 1 unspecified atom stereocenters. The van der Waals surface area contributed by atoms with Crippen LogP contribution in [0.15, 0.2) is 36.4 Å². The number of rotatable bonds is 3. The molecule has 3 rings (SSSR count). The van der Waals surface area contributed by atoms with Gasteiger partial charge < -0.3 is 15.2 Å². The maximum atomic E-state index is 13.1. The Morgan fingerprint density at radius 3 is 2.52 bits per heavy atom. The van der Waals surface area contributed by atoms with Gasteiger partial charge in [0, 0.05) is 5.56 Å². The molecule has 1 aliphatic rings. The first-order valence-electron chi connectivity index (χ1n) is 8.41. The molecule has 4 nitrogen and oxygen atoms in total. The molecule has 0 saturated heterocycles. The highest BCUT2D eigenvalue weighted by molar-refractivity contribution is 5.73. The van der Waals surface area contributed by atoms with Crippen molar-refractivity contribution in [3.63, 3.8) is 0 Å². The van der Waals surface area contributed by atoms with Gasteiger partial charge in [0.25, 0.3) is 0 Å². The number of methoxy groups -OCH3 is 1. The zero-order valence-electron chi connectivity index (χ0n) is 15.1. The second-order valence-corrected chi connectivity index (χ2v) is 7.37. The summed E-state index contributed by atoms with van der Waals surface area (Å²) in [5, 5.41) is 11.6. The first-order valence-corrected chi connectivity index (χ1v) is 8.41. The van der Waals surface area contributed by atoms with Gasteiger partial charge in [-0.2, -0.15) is 13.2 Å². The van der Waals surface area contributed by atoms with Gasteiger partial charge in [0.2, 0.25) is 0 Å². The standard InChI is InChI=1S/C20H20F3NO3/c1-19(2)10-12-8-11(4-6-14(12)17(19)24-18(25)26)15-9-13(20(21,22)23)5-7-16(15)27-3/h4-9,17,24H,10H2,1-3H3,(H,25,26). The summed E-state index contributed by atoms with van der Waals surface area (Å²) in [5.41, 5.74) is 1.63. The number of hydrogen-bond acceptors (Lipinski definition) is 2. The Labute approximate surface area is 155 Å². The average molecular weight is 379 g/mol. The zero-order valence-corrected chi connectivity index (χ0v) is 15.1. The minimum Gasteiger partial charge on any atom is -0.496 e. The minimum atomic E-state index is -4.45. The van der Waals surface area contributed by atoms with Gasteiger partial charge in [-0.25, -0.2) is 4.79 Å². The van der Waals surface area contributed by atoms with Crippen molar-refractivity contribution in [3.8, 4) is 16.9 Å². The van der Waals surface area contributed by atoms with Gasteiger partial charge in [-0.15, -0.1) is 0 Å². The molecule has 27 heavy (non-hydrogen) atoms. The van der Waals surface area contributed by atoms with E-state index in [0.29, 0.717) is 23.3 Å². The van der Waals surface area contributed by atoms with Crippen LogP contribution in [0.1, 0.15) is 36.6 Å². The largest absolute Gasteiger partial charge is 0.496 e. The van der Waals surface area contributed by atoms with Gasteiger partial charge in [-0.3, -0.25) is 0 Å². The minimum absolute atomic E-state index is 0.336. The number of halogens is 3. The van der Waals surface area contributed by atoms with Gasteiger partial charge in [-0.05, 0) is 46.7 Å². The smallest absolute Gasteiger partial charge is 0.416 e. The van der Waals surface area contributed by atoms with Crippen molar-refractivity contribution in [2.45, 2.75) is 32.5 Å². The van der Waals surface area contributed by atoms with Crippen LogP contribution >= 0.6 is 0 Å². The summed E-state index contributed by atoms with van der Waals surface area (Å²) in [4.78, 5) is 11.1. The van der Waals surface area contributed by atoms with Crippen LogP contribution in [0.5, 0.6) is 5.75 Å². The fraction of sp³-hybridized carbons (Fsp3) is 0.350. The van der Waals surface area contributed by atoms with E-state index in [2.05, 4.69) is 5.32 Å². The van der Waals surface area contributed by atoms with E-state index in [1.165, 1.54) is 13.2 Å². The van der Waals surface area contributed by atoms with Crippen LogP contribution in [0.3, 0.4) is 0 Å². The van der Waals surface area contributed by atoms with E-state index >= 15 is 0 Å². The molecule has 0 heterocycles. The van der Waals surface area contributed by atoms with Crippen molar-refractivity contribution in [2.24, 2.45) is 5.41 Å². The molecule has 7 heteroatoms. The maximum Gasteiger partial charge on any atom is 0.416 e. The van der Waals surface area contributed by atoms with Crippen molar-refractivity contribution in [3.05, 3.63) is 53.1 Å². The molecule has 1 atom stereocenters. The first kappa shape index (κ1) is 19.1. The number of hydrogen-bond donors (Lipinski definition) is 2. The van der Waals surface area contributed by atoms with E-state index in [9.17, 15) is 18.0 Å². The highest BCUT2D eigenvalue weighted by atomic mass is 19.4. The van der Waals surface area contributed by atoms with Crippen LogP contribution in [0.2, 0.25) is 0 Å². The molecule has 1 amide bonds. The molecule has 0 bridgehead atoms. The summed E-state index contributed by atoms with van der Waals surface area (Å²) in [6.07, 6.45) is -4.94. The van der Waals surface area contributed by atoms with E-state index in [-0.39, 0.29) is 11.5 Å². The van der Waals surface area contributed by atoms with E-state index in [4.69, 9.17) is 9.84 Å². The van der Waals surface area contributed by atoms with Gasteiger partial charge in [0.05, 0.1) is 18.7 Å². The van der Waals surface area contributed by atoms with Gasteiger partial charge in [-0.1, -0.05) is 32.0 Å². The molecule has 0 fully saturated rings.